The van der Waals surface area contributed by atoms with E-state index in [0.717, 1.165) is 0 Å². The van der Waals surface area contributed by atoms with Crippen molar-refractivity contribution in [2.24, 2.45) is 0 Å². The lowest BCUT2D eigenvalue weighted by molar-refractivity contribution is 0.115. The zero-order chi connectivity index (χ0) is 24.0. The molecule has 0 fully saturated rings. The van der Waals surface area contributed by atoms with Crippen LogP contribution >= 0.6 is 15.6 Å². The fraction of sp³-hybridized carbons (Fsp3) is 0.545. The van der Waals surface area contributed by atoms with Gasteiger partial charge in [-0.25, -0.2) is 9.13 Å². The van der Waals surface area contributed by atoms with Gasteiger partial charge in [-0.15, -0.1) is 26.3 Å². The largest absolute Gasteiger partial charge is 0.474 e. The minimum absolute atomic E-state index is 0.157. The minimum Gasteiger partial charge on any atom is -0.287 e. The average molecular weight is 492 g/mol. The Labute approximate surface area is 193 Å². The molecular weight excluding hydrogens is 454 g/mol. The van der Waals surface area contributed by atoms with E-state index in [-0.39, 0.29) is 39.6 Å². The lowest BCUT2D eigenvalue weighted by Crippen LogP contribution is -2.03. The highest BCUT2D eigenvalue weighted by Gasteiger charge is 2.26. The van der Waals surface area contributed by atoms with Crippen LogP contribution < -0.4 is 0 Å². The first-order chi connectivity index (χ1) is 15.4. The summed E-state index contributed by atoms with van der Waals surface area (Å²) < 4.78 is 56.9. The number of hydrogen-bond donors (Lipinski definition) is 0. The van der Waals surface area contributed by atoms with Crippen LogP contribution in [0.15, 0.2) is 62.8 Å². The van der Waals surface area contributed by atoms with Crippen molar-refractivity contribution >= 4 is 15.6 Å². The van der Waals surface area contributed by atoms with Crippen LogP contribution in [0.25, 0.3) is 0 Å². The smallest absolute Gasteiger partial charge is 0.287 e. The van der Waals surface area contributed by atoms with Crippen molar-refractivity contribution in [1.82, 2.24) is 0 Å². The molecular formula is C22H38O8P2. The highest BCUT2D eigenvalue weighted by molar-refractivity contribution is 7.48. The van der Waals surface area contributed by atoms with E-state index in [9.17, 15) is 9.13 Å². The molecule has 0 aromatic carbocycles. The van der Waals surface area contributed by atoms with Gasteiger partial charge in [-0.1, -0.05) is 36.5 Å². The molecule has 0 spiro atoms. The molecule has 0 bridgehead atoms. The Kier molecular flexibility index (Phi) is 19.8. The highest BCUT2D eigenvalue weighted by atomic mass is 31.2. The van der Waals surface area contributed by atoms with Gasteiger partial charge in [0.25, 0.3) is 0 Å². The van der Waals surface area contributed by atoms with Crippen molar-refractivity contribution < 1.29 is 36.3 Å². The maximum absolute atomic E-state index is 12.6. The molecule has 8 nitrogen and oxygen atoms in total. The van der Waals surface area contributed by atoms with Gasteiger partial charge >= 0.3 is 15.6 Å². The summed E-state index contributed by atoms with van der Waals surface area (Å²) in [6.45, 7) is 15.5. The number of phosphoric acid groups is 2. The summed E-state index contributed by atoms with van der Waals surface area (Å²) in [7, 11) is -7.26. The van der Waals surface area contributed by atoms with Gasteiger partial charge in [-0.3, -0.25) is 27.1 Å². The van der Waals surface area contributed by atoms with Gasteiger partial charge in [0, 0.05) is 0 Å². The van der Waals surface area contributed by atoms with Gasteiger partial charge in [0.1, 0.15) is 0 Å². The molecule has 0 heterocycles. The van der Waals surface area contributed by atoms with Crippen molar-refractivity contribution in [2.45, 2.75) is 38.5 Å². The Morgan fingerprint density at radius 1 is 0.438 bits per heavy atom. The summed E-state index contributed by atoms with van der Waals surface area (Å²) in [5.41, 5.74) is 0. The predicted octanol–water partition coefficient (Wildman–Crippen LogP) is 6.94. The summed E-state index contributed by atoms with van der Waals surface area (Å²) >= 11 is 0. The molecule has 0 aliphatic heterocycles. The van der Waals surface area contributed by atoms with E-state index in [1.165, 1.54) is 0 Å². The summed E-state index contributed by atoms with van der Waals surface area (Å²) in [5.74, 6) is 0. The van der Waals surface area contributed by atoms with E-state index in [4.69, 9.17) is 27.1 Å². The predicted molar refractivity (Wildman–Crippen MR) is 129 cm³/mol. The van der Waals surface area contributed by atoms with Gasteiger partial charge in [-0.2, -0.15) is 0 Å². The van der Waals surface area contributed by atoms with Gasteiger partial charge in [-0.05, 0) is 38.5 Å². The molecule has 0 unspecified atom stereocenters. The second kappa shape index (κ2) is 20.5. The summed E-state index contributed by atoms with van der Waals surface area (Å²) in [6.07, 6.45) is 13.4. The fourth-order valence-corrected chi connectivity index (χ4v) is 4.34. The first-order valence-electron chi connectivity index (χ1n) is 10.6. The zero-order valence-electron chi connectivity index (χ0n) is 18.9. The zero-order valence-corrected chi connectivity index (χ0v) is 20.7. The van der Waals surface area contributed by atoms with Crippen LogP contribution in [0.5, 0.6) is 0 Å². The molecule has 0 aromatic rings. The third-order valence-corrected chi connectivity index (χ3v) is 6.51. The Hall–Kier alpha value is -1.08. The maximum Gasteiger partial charge on any atom is 0.474 e. The molecule has 0 aliphatic carbocycles. The first kappa shape index (κ1) is 30.9. The van der Waals surface area contributed by atoms with E-state index in [1.807, 2.05) is 12.2 Å². The maximum atomic E-state index is 12.6. The molecule has 0 N–H and O–H groups in total. The molecule has 0 amide bonds. The second-order valence-electron chi connectivity index (χ2n) is 6.25. The molecule has 10 heteroatoms. The van der Waals surface area contributed by atoms with Crippen molar-refractivity contribution in [3.63, 3.8) is 0 Å². The Morgan fingerprint density at radius 3 is 0.875 bits per heavy atom. The van der Waals surface area contributed by atoms with Crippen molar-refractivity contribution in [3.8, 4) is 0 Å². The fourth-order valence-electron chi connectivity index (χ4n) is 1.92. The second-order valence-corrected chi connectivity index (χ2v) is 9.59. The summed E-state index contributed by atoms with van der Waals surface area (Å²) in [4.78, 5) is 0. The third-order valence-electron chi connectivity index (χ3n) is 3.52. The molecule has 0 rings (SSSR count). The minimum atomic E-state index is -3.63. The lowest BCUT2D eigenvalue weighted by atomic mass is 10.3. The molecule has 0 aromatic heterocycles. The van der Waals surface area contributed by atoms with Crippen LogP contribution in [0, 0.1) is 0 Å². The van der Waals surface area contributed by atoms with Crippen LogP contribution in [0.2, 0.25) is 0 Å². The Bertz CT molecular complexity index is 558. The molecule has 32 heavy (non-hydrogen) atoms. The van der Waals surface area contributed by atoms with Crippen LogP contribution in [0.3, 0.4) is 0 Å². The molecule has 0 radical (unpaired) electrons. The van der Waals surface area contributed by atoms with E-state index >= 15 is 0 Å². The quantitative estimate of drug-likeness (QED) is 0.0813. The van der Waals surface area contributed by atoms with E-state index in [2.05, 4.69) is 26.3 Å². The summed E-state index contributed by atoms with van der Waals surface area (Å²) in [6, 6.07) is 0. The van der Waals surface area contributed by atoms with Gasteiger partial charge in [0.15, 0.2) is 0 Å². The summed E-state index contributed by atoms with van der Waals surface area (Å²) in [5, 5.41) is 0. The monoisotopic (exact) mass is 492 g/mol. The normalized spacial score (nSPS) is 12.1. The first-order valence-corrected chi connectivity index (χ1v) is 13.5. The van der Waals surface area contributed by atoms with Crippen molar-refractivity contribution in [2.75, 3.05) is 39.6 Å². The van der Waals surface area contributed by atoms with E-state index in [1.54, 1.807) is 24.3 Å². The molecule has 0 aliphatic rings. The van der Waals surface area contributed by atoms with Gasteiger partial charge < -0.3 is 0 Å². The van der Waals surface area contributed by atoms with Crippen LogP contribution in [0.1, 0.15) is 38.5 Å². The number of rotatable bonds is 24. The molecule has 184 valence electrons. The van der Waals surface area contributed by atoms with E-state index in [0.29, 0.717) is 38.5 Å². The van der Waals surface area contributed by atoms with Crippen LogP contribution in [-0.2, 0) is 36.3 Å². The third kappa shape index (κ3) is 17.5. The lowest BCUT2D eigenvalue weighted by Gasteiger charge is -2.17. The molecule has 0 atom stereocenters. The number of hydrogen-bond acceptors (Lipinski definition) is 8. The Balaban J connectivity index is 4.33. The van der Waals surface area contributed by atoms with Gasteiger partial charge in [0.2, 0.25) is 0 Å². The average Bonchev–Trinajstić information content (AvgIpc) is 2.76. The molecule has 0 saturated heterocycles. The Morgan fingerprint density at radius 2 is 0.656 bits per heavy atom. The standard InChI is InChI=1S/C22H38O8P2/c1-5-9-17-25-31(23,26-18-10-6-2)29-21-15-13-14-16-22-30-32(24,27-19-11-7-3)28-20-12-8-4/h5-8,13-14H,1-4,9-12,15-22H2/b14-13+. The highest BCUT2D eigenvalue weighted by Crippen LogP contribution is 2.50. The number of phosphoric ester groups is 2. The SMILES string of the molecule is C=CCCOP(=O)(OCCC=C)OCC/C=C/CCOP(=O)(OCCC=C)OCCC=C. The van der Waals surface area contributed by atoms with Crippen molar-refractivity contribution in [1.29, 1.82) is 0 Å². The van der Waals surface area contributed by atoms with E-state index < -0.39 is 15.6 Å². The van der Waals surface area contributed by atoms with Crippen LogP contribution in [0.4, 0.5) is 0 Å². The van der Waals surface area contributed by atoms with Crippen molar-refractivity contribution in [3.05, 3.63) is 62.8 Å². The van der Waals surface area contributed by atoms with Gasteiger partial charge in [0.05, 0.1) is 39.6 Å². The topological polar surface area (TPSA) is 89.5 Å². The molecule has 0 saturated carbocycles. The van der Waals surface area contributed by atoms with Crippen LogP contribution in [-0.4, -0.2) is 39.6 Å².